The molecule has 0 fully saturated rings. The molecular formula is C28H29N2+. The fraction of sp³-hybridized carbons (Fsp3) is 0.179. The highest BCUT2D eigenvalue weighted by molar-refractivity contribution is 6.04. The SMILES string of the molecule is Cc1cc(C(=C2C=CC(=[N+](C)C)C=C2)c2ccc(N(C)C)cc2)c2cccccc1-2. The minimum absolute atomic E-state index is 1.20. The lowest BCUT2D eigenvalue weighted by atomic mass is 9.89. The monoisotopic (exact) mass is 393 g/mol. The van der Waals surface area contributed by atoms with Crippen molar-refractivity contribution in [2.24, 2.45) is 0 Å². The Morgan fingerprint density at radius 1 is 0.767 bits per heavy atom. The summed E-state index contributed by atoms with van der Waals surface area (Å²) in [5.74, 6) is 0. The molecule has 0 aromatic heterocycles. The molecule has 0 saturated heterocycles. The summed E-state index contributed by atoms with van der Waals surface area (Å²) in [5, 5.41) is 0. The van der Waals surface area contributed by atoms with Crippen LogP contribution in [0.3, 0.4) is 0 Å². The van der Waals surface area contributed by atoms with Crippen molar-refractivity contribution < 1.29 is 4.58 Å². The Balaban J connectivity index is 1.95. The number of nitrogens with zero attached hydrogens (tertiary/aromatic N) is 2. The molecule has 150 valence electrons. The van der Waals surface area contributed by atoms with Gasteiger partial charge < -0.3 is 4.90 Å². The summed E-state index contributed by atoms with van der Waals surface area (Å²) in [6, 6.07) is 22.0. The second-order valence-electron chi connectivity index (χ2n) is 8.24. The highest BCUT2D eigenvalue weighted by Crippen LogP contribution is 2.40. The second kappa shape index (κ2) is 8.16. The van der Waals surface area contributed by atoms with Crippen LogP contribution < -0.4 is 4.90 Å². The van der Waals surface area contributed by atoms with Crippen molar-refractivity contribution in [1.29, 1.82) is 0 Å². The topological polar surface area (TPSA) is 6.25 Å². The normalized spacial score (nSPS) is 13.1. The molecule has 3 aliphatic carbocycles. The third-order valence-electron chi connectivity index (χ3n) is 5.73. The molecule has 0 bridgehead atoms. The number of hydrogen-bond donors (Lipinski definition) is 0. The summed E-state index contributed by atoms with van der Waals surface area (Å²) in [6.07, 6.45) is 8.87. The number of allylic oxidation sites excluding steroid dienone is 5. The molecule has 0 atom stereocenters. The predicted octanol–water partition coefficient (Wildman–Crippen LogP) is 5.81. The molecule has 1 aromatic carbocycles. The average molecular weight is 394 g/mol. The van der Waals surface area contributed by atoms with Gasteiger partial charge in [0.1, 0.15) is 14.1 Å². The van der Waals surface area contributed by atoms with Crippen LogP contribution in [0.15, 0.2) is 90.5 Å². The Kier molecular flexibility index (Phi) is 5.41. The summed E-state index contributed by atoms with van der Waals surface area (Å²) in [5.41, 5.74) is 11.3. The number of rotatable bonds is 3. The van der Waals surface area contributed by atoms with Crippen molar-refractivity contribution in [2.45, 2.75) is 6.92 Å². The number of anilines is 1. The van der Waals surface area contributed by atoms with E-state index in [-0.39, 0.29) is 0 Å². The van der Waals surface area contributed by atoms with Crippen LogP contribution in [0, 0.1) is 6.92 Å². The zero-order valence-corrected chi connectivity index (χ0v) is 18.5. The van der Waals surface area contributed by atoms with E-state index in [1.807, 2.05) is 0 Å². The minimum Gasteiger partial charge on any atom is -0.378 e. The molecule has 0 spiro atoms. The summed E-state index contributed by atoms with van der Waals surface area (Å²) in [7, 11) is 8.31. The Bertz CT molecular complexity index is 1150. The number of hydrogen-bond acceptors (Lipinski definition) is 1. The van der Waals surface area contributed by atoms with Crippen LogP contribution in [0.5, 0.6) is 0 Å². The van der Waals surface area contributed by atoms with Crippen molar-refractivity contribution in [3.8, 4) is 11.1 Å². The Labute approximate surface area is 180 Å². The summed E-state index contributed by atoms with van der Waals surface area (Å²) in [6.45, 7) is 2.20. The first-order valence-electron chi connectivity index (χ1n) is 10.4. The smallest absolute Gasteiger partial charge is 0.199 e. The van der Waals surface area contributed by atoms with Crippen molar-refractivity contribution in [1.82, 2.24) is 0 Å². The third-order valence-corrected chi connectivity index (χ3v) is 5.73. The maximum Gasteiger partial charge on any atom is 0.199 e. The molecule has 0 aliphatic heterocycles. The van der Waals surface area contributed by atoms with Gasteiger partial charge >= 0.3 is 0 Å². The van der Waals surface area contributed by atoms with Gasteiger partial charge in [-0.3, -0.25) is 0 Å². The van der Waals surface area contributed by atoms with Crippen LogP contribution in [-0.2, 0) is 0 Å². The summed E-state index contributed by atoms with van der Waals surface area (Å²) >= 11 is 0. The van der Waals surface area contributed by atoms with E-state index >= 15 is 0 Å². The molecular weight excluding hydrogens is 364 g/mol. The van der Waals surface area contributed by atoms with Gasteiger partial charge in [-0.25, -0.2) is 4.58 Å². The molecule has 30 heavy (non-hydrogen) atoms. The second-order valence-corrected chi connectivity index (χ2v) is 8.24. The molecule has 3 aliphatic rings. The molecule has 2 heteroatoms. The van der Waals surface area contributed by atoms with E-state index in [0.29, 0.717) is 0 Å². The van der Waals surface area contributed by atoms with Gasteiger partial charge in [0.15, 0.2) is 5.71 Å². The van der Waals surface area contributed by atoms with Crippen molar-refractivity contribution in [3.05, 3.63) is 107 Å². The zero-order chi connectivity index (χ0) is 21.3. The van der Waals surface area contributed by atoms with Crippen LogP contribution in [0.25, 0.3) is 16.7 Å². The van der Waals surface area contributed by atoms with Crippen LogP contribution in [0.1, 0.15) is 16.7 Å². The Hall–Kier alpha value is -3.39. The maximum atomic E-state index is 2.33. The van der Waals surface area contributed by atoms with Crippen molar-refractivity contribution in [3.63, 3.8) is 0 Å². The average Bonchev–Trinajstić information content (AvgIpc) is 2.91. The van der Waals surface area contributed by atoms with Gasteiger partial charge in [-0.1, -0.05) is 48.5 Å². The zero-order valence-electron chi connectivity index (χ0n) is 18.5. The van der Waals surface area contributed by atoms with Crippen LogP contribution >= 0.6 is 0 Å². The molecule has 0 N–H and O–H groups in total. The molecule has 0 saturated carbocycles. The Morgan fingerprint density at radius 3 is 2.00 bits per heavy atom. The molecule has 0 unspecified atom stereocenters. The highest BCUT2D eigenvalue weighted by atomic mass is 15.1. The first-order valence-corrected chi connectivity index (χ1v) is 10.4. The van der Waals surface area contributed by atoms with E-state index in [1.165, 1.54) is 50.4 Å². The first-order chi connectivity index (χ1) is 14.5. The summed E-state index contributed by atoms with van der Waals surface area (Å²) < 4.78 is 2.14. The molecule has 1 aromatic rings. The van der Waals surface area contributed by atoms with E-state index < -0.39 is 0 Å². The molecule has 2 nitrogen and oxygen atoms in total. The van der Waals surface area contributed by atoms with Crippen LogP contribution in [0.2, 0.25) is 0 Å². The lowest BCUT2D eigenvalue weighted by Gasteiger charge is -2.17. The predicted molar refractivity (Wildman–Crippen MR) is 130 cm³/mol. The van der Waals surface area contributed by atoms with E-state index in [9.17, 15) is 0 Å². The van der Waals surface area contributed by atoms with E-state index in [4.69, 9.17) is 0 Å². The van der Waals surface area contributed by atoms with Gasteiger partial charge in [0.25, 0.3) is 0 Å². The lowest BCUT2D eigenvalue weighted by Crippen LogP contribution is -2.10. The maximum absolute atomic E-state index is 2.33. The summed E-state index contributed by atoms with van der Waals surface area (Å²) in [4.78, 5) is 2.14. The van der Waals surface area contributed by atoms with Gasteiger partial charge in [-0.05, 0) is 70.2 Å². The van der Waals surface area contributed by atoms with E-state index in [1.54, 1.807) is 0 Å². The molecule has 4 rings (SSSR count). The lowest BCUT2D eigenvalue weighted by molar-refractivity contribution is -0.462. The van der Waals surface area contributed by atoms with Gasteiger partial charge in [-0.2, -0.15) is 0 Å². The standard InChI is InChI=1S/C28H29N2/c1-20-19-27(26-10-8-6-7-9-25(20)26)28(21-11-15-23(16-12-21)29(2)3)22-13-17-24(18-14-22)30(4)5/h6-19H,1-5H3/q+1. The molecule has 0 heterocycles. The largest absolute Gasteiger partial charge is 0.378 e. The van der Waals surface area contributed by atoms with Gasteiger partial charge in [-0.15, -0.1) is 0 Å². The molecule has 0 amide bonds. The third kappa shape index (κ3) is 3.73. The fourth-order valence-corrected chi connectivity index (χ4v) is 4.03. The van der Waals surface area contributed by atoms with Crippen LogP contribution in [-0.4, -0.2) is 38.5 Å². The minimum atomic E-state index is 1.20. The molecule has 0 radical (unpaired) electrons. The van der Waals surface area contributed by atoms with Gasteiger partial charge in [0, 0.05) is 31.9 Å². The van der Waals surface area contributed by atoms with Crippen LogP contribution in [0.4, 0.5) is 5.69 Å². The van der Waals surface area contributed by atoms with Crippen molar-refractivity contribution >= 4 is 17.0 Å². The number of aryl methyl sites for hydroxylation is 1. The first kappa shape index (κ1) is 19.9. The van der Waals surface area contributed by atoms with Gasteiger partial charge in [0.2, 0.25) is 0 Å². The quantitative estimate of drug-likeness (QED) is 0.509. The highest BCUT2D eigenvalue weighted by Gasteiger charge is 2.20. The fourth-order valence-electron chi connectivity index (χ4n) is 4.03. The Morgan fingerprint density at radius 2 is 1.40 bits per heavy atom. The van der Waals surface area contributed by atoms with E-state index in [2.05, 4.69) is 130 Å². The number of benzene rings is 1. The van der Waals surface area contributed by atoms with E-state index in [0.717, 1.165) is 0 Å². The van der Waals surface area contributed by atoms with Crippen molar-refractivity contribution in [2.75, 3.05) is 33.1 Å². The van der Waals surface area contributed by atoms with Gasteiger partial charge in [0.05, 0.1) is 0 Å². The number of fused-ring (bicyclic) bond motifs is 1.